The zero-order chi connectivity index (χ0) is 16.4. The molecule has 2 aromatic carbocycles. The van der Waals surface area contributed by atoms with Gasteiger partial charge in [-0.3, -0.25) is 9.59 Å². The van der Waals surface area contributed by atoms with Crippen LogP contribution in [0.15, 0.2) is 54.6 Å². The second-order valence-corrected chi connectivity index (χ2v) is 5.98. The fraction of sp³-hybridized carbons (Fsp3) is 0.263. The van der Waals surface area contributed by atoms with Gasteiger partial charge in [-0.05, 0) is 24.1 Å². The zero-order valence-corrected chi connectivity index (χ0v) is 13.3. The Kier molecular flexibility index (Phi) is 3.90. The van der Waals surface area contributed by atoms with Crippen LogP contribution >= 0.6 is 0 Å². The average Bonchev–Trinajstić information content (AvgIpc) is 2.58. The Hall–Kier alpha value is -2.62. The number of nitrogens with zero attached hydrogens (tertiary/aromatic N) is 1. The summed E-state index contributed by atoms with van der Waals surface area (Å²) in [7, 11) is 1.36. The number of fused-ring (bicyclic) bond motifs is 1. The lowest BCUT2D eigenvalue weighted by atomic mass is 9.75. The maximum atomic E-state index is 12.7. The normalized spacial score (nSPS) is 20.1. The predicted octanol–water partition coefficient (Wildman–Crippen LogP) is 3.05. The molecule has 1 atom stereocenters. The highest BCUT2D eigenvalue weighted by atomic mass is 16.5. The van der Waals surface area contributed by atoms with E-state index in [1.807, 2.05) is 54.6 Å². The predicted molar refractivity (Wildman–Crippen MR) is 88.1 cm³/mol. The SMILES string of the molecule is COC(=O)[C@@]1(C)CC(=O)N(Cc2ccccc2)c2ccccc21. The number of ether oxygens (including phenoxy) is 1. The van der Waals surface area contributed by atoms with E-state index in [1.54, 1.807) is 11.8 Å². The highest BCUT2D eigenvalue weighted by molar-refractivity contribution is 6.03. The fourth-order valence-electron chi connectivity index (χ4n) is 3.15. The molecule has 23 heavy (non-hydrogen) atoms. The molecule has 1 heterocycles. The molecular weight excluding hydrogens is 290 g/mol. The van der Waals surface area contributed by atoms with E-state index in [4.69, 9.17) is 4.74 Å². The summed E-state index contributed by atoms with van der Waals surface area (Å²) in [5.74, 6) is -0.446. The lowest BCUT2D eigenvalue weighted by Crippen LogP contribution is -2.47. The number of hydrogen-bond acceptors (Lipinski definition) is 3. The molecule has 0 saturated carbocycles. The monoisotopic (exact) mass is 309 g/mol. The van der Waals surface area contributed by atoms with Crippen LogP contribution < -0.4 is 4.90 Å². The third-order valence-corrected chi connectivity index (χ3v) is 4.41. The van der Waals surface area contributed by atoms with Crippen LogP contribution in [0.2, 0.25) is 0 Å². The van der Waals surface area contributed by atoms with E-state index < -0.39 is 5.41 Å². The first-order chi connectivity index (χ1) is 11.1. The third kappa shape index (κ3) is 2.61. The van der Waals surface area contributed by atoms with Crippen LogP contribution in [-0.4, -0.2) is 19.0 Å². The van der Waals surface area contributed by atoms with Gasteiger partial charge in [-0.1, -0.05) is 48.5 Å². The van der Waals surface area contributed by atoms with Crippen LogP contribution in [0.25, 0.3) is 0 Å². The molecule has 0 N–H and O–H groups in total. The van der Waals surface area contributed by atoms with Crippen molar-refractivity contribution in [3.8, 4) is 0 Å². The van der Waals surface area contributed by atoms with Crippen molar-refractivity contribution in [1.82, 2.24) is 0 Å². The van der Waals surface area contributed by atoms with Gasteiger partial charge < -0.3 is 9.64 Å². The van der Waals surface area contributed by atoms with Crippen molar-refractivity contribution in [1.29, 1.82) is 0 Å². The molecule has 0 fully saturated rings. The Balaban J connectivity index is 2.05. The lowest BCUT2D eigenvalue weighted by Gasteiger charge is -2.38. The highest BCUT2D eigenvalue weighted by Gasteiger charge is 2.45. The van der Waals surface area contributed by atoms with Crippen LogP contribution in [-0.2, 0) is 26.3 Å². The summed E-state index contributed by atoms with van der Waals surface area (Å²) in [6.45, 7) is 2.27. The first kappa shape index (κ1) is 15.3. The molecular formula is C19H19NO3. The van der Waals surface area contributed by atoms with Gasteiger partial charge in [0.15, 0.2) is 0 Å². The summed E-state index contributed by atoms with van der Waals surface area (Å²) in [6, 6.07) is 17.4. The molecule has 2 aromatic rings. The molecule has 4 nitrogen and oxygen atoms in total. The second-order valence-electron chi connectivity index (χ2n) is 5.98. The Morgan fingerprint density at radius 2 is 1.78 bits per heavy atom. The van der Waals surface area contributed by atoms with E-state index in [0.717, 1.165) is 16.8 Å². The van der Waals surface area contributed by atoms with Crippen molar-refractivity contribution in [2.75, 3.05) is 12.0 Å². The Morgan fingerprint density at radius 3 is 2.48 bits per heavy atom. The Morgan fingerprint density at radius 1 is 1.13 bits per heavy atom. The van der Waals surface area contributed by atoms with Gasteiger partial charge in [0.1, 0.15) is 5.41 Å². The number of carbonyl (C=O) groups excluding carboxylic acids is 2. The van der Waals surface area contributed by atoms with Gasteiger partial charge in [-0.25, -0.2) is 0 Å². The number of methoxy groups -OCH3 is 1. The molecule has 0 saturated heterocycles. The zero-order valence-electron chi connectivity index (χ0n) is 13.3. The number of carbonyl (C=O) groups is 2. The largest absolute Gasteiger partial charge is 0.468 e. The van der Waals surface area contributed by atoms with E-state index in [9.17, 15) is 9.59 Å². The van der Waals surface area contributed by atoms with E-state index in [0.29, 0.717) is 6.54 Å². The Bertz CT molecular complexity index is 741. The first-order valence-corrected chi connectivity index (χ1v) is 7.58. The summed E-state index contributed by atoms with van der Waals surface area (Å²) >= 11 is 0. The van der Waals surface area contributed by atoms with Crippen LogP contribution in [0.1, 0.15) is 24.5 Å². The fourth-order valence-corrected chi connectivity index (χ4v) is 3.15. The summed E-state index contributed by atoms with van der Waals surface area (Å²) < 4.78 is 4.94. The first-order valence-electron chi connectivity index (χ1n) is 7.58. The van der Waals surface area contributed by atoms with Crippen LogP contribution in [0.4, 0.5) is 5.69 Å². The van der Waals surface area contributed by atoms with Crippen LogP contribution in [0.5, 0.6) is 0 Å². The minimum atomic E-state index is -0.935. The van der Waals surface area contributed by atoms with Gasteiger partial charge in [0.25, 0.3) is 0 Å². The third-order valence-electron chi connectivity index (χ3n) is 4.41. The molecule has 0 aromatic heterocycles. The van der Waals surface area contributed by atoms with Crippen LogP contribution in [0.3, 0.4) is 0 Å². The Labute approximate surface area is 135 Å². The van der Waals surface area contributed by atoms with Gasteiger partial charge in [-0.15, -0.1) is 0 Å². The number of benzene rings is 2. The maximum Gasteiger partial charge on any atom is 0.316 e. The van der Waals surface area contributed by atoms with Crippen molar-refractivity contribution in [2.45, 2.75) is 25.3 Å². The van der Waals surface area contributed by atoms with Gasteiger partial charge in [0.2, 0.25) is 5.91 Å². The van der Waals surface area contributed by atoms with Crippen molar-refractivity contribution in [3.63, 3.8) is 0 Å². The molecule has 0 bridgehead atoms. The second kappa shape index (κ2) is 5.88. The van der Waals surface area contributed by atoms with Gasteiger partial charge >= 0.3 is 5.97 Å². The summed E-state index contributed by atoms with van der Waals surface area (Å²) in [6.07, 6.45) is 0.115. The highest BCUT2D eigenvalue weighted by Crippen LogP contribution is 2.41. The number of hydrogen-bond donors (Lipinski definition) is 0. The van der Waals surface area contributed by atoms with E-state index in [-0.39, 0.29) is 18.3 Å². The van der Waals surface area contributed by atoms with Crippen molar-refractivity contribution in [3.05, 3.63) is 65.7 Å². The number of anilines is 1. The molecule has 0 spiro atoms. The molecule has 0 unspecified atom stereocenters. The molecule has 0 aliphatic carbocycles. The van der Waals surface area contributed by atoms with Crippen molar-refractivity contribution in [2.24, 2.45) is 0 Å². The molecule has 1 amide bonds. The molecule has 3 rings (SSSR count). The van der Waals surface area contributed by atoms with E-state index in [2.05, 4.69) is 0 Å². The number of amides is 1. The molecule has 118 valence electrons. The molecule has 0 radical (unpaired) electrons. The molecule has 4 heteroatoms. The van der Waals surface area contributed by atoms with Crippen molar-refractivity contribution < 1.29 is 14.3 Å². The quantitative estimate of drug-likeness (QED) is 0.819. The smallest absolute Gasteiger partial charge is 0.316 e. The summed E-state index contributed by atoms with van der Waals surface area (Å²) in [5, 5.41) is 0. The molecule has 1 aliphatic rings. The topological polar surface area (TPSA) is 46.6 Å². The average molecular weight is 309 g/mol. The van der Waals surface area contributed by atoms with E-state index in [1.165, 1.54) is 7.11 Å². The van der Waals surface area contributed by atoms with Gasteiger partial charge in [0, 0.05) is 12.1 Å². The minimum Gasteiger partial charge on any atom is -0.468 e. The minimum absolute atomic E-state index is 0.0690. The van der Waals surface area contributed by atoms with Crippen LogP contribution in [0, 0.1) is 0 Å². The van der Waals surface area contributed by atoms with Gasteiger partial charge in [0.05, 0.1) is 13.7 Å². The van der Waals surface area contributed by atoms with Gasteiger partial charge in [-0.2, -0.15) is 0 Å². The summed E-state index contributed by atoms with van der Waals surface area (Å²) in [5.41, 5.74) is 1.73. The van der Waals surface area contributed by atoms with E-state index >= 15 is 0 Å². The number of esters is 1. The molecule has 1 aliphatic heterocycles. The maximum absolute atomic E-state index is 12.7. The standard InChI is InChI=1S/C19H19NO3/c1-19(18(22)23-2)12-17(21)20(13-14-8-4-3-5-9-14)16-11-7-6-10-15(16)19/h3-11H,12-13H2,1-2H3/t19-/m0/s1. The number of para-hydroxylation sites is 1. The lowest BCUT2D eigenvalue weighted by molar-refractivity contribution is -0.149. The number of rotatable bonds is 3. The summed E-state index contributed by atoms with van der Waals surface area (Å²) in [4.78, 5) is 26.7. The van der Waals surface area contributed by atoms with Crippen molar-refractivity contribution >= 4 is 17.6 Å².